The van der Waals surface area contributed by atoms with Gasteiger partial charge in [-0.1, -0.05) is 48.6 Å². The predicted octanol–water partition coefficient (Wildman–Crippen LogP) is 2.92. The Morgan fingerprint density at radius 1 is 0.750 bits per heavy atom. The first-order valence-corrected chi connectivity index (χ1v) is 7.24. The molecule has 1 N–H and O–H groups in total. The van der Waals surface area contributed by atoms with E-state index in [0.29, 0.717) is 5.56 Å². The molecule has 0 aromatic heterocycles. The lowest BCUT2D eigenvalue weighted by Crippen LogP contribution is -1.97. The molecule has 0 bridgehead atoms. The molecule has 0 aliphatic carbocycles. The molecule has 0 fully saturated rings. The summed E-state index contributed by atoms with van der Waals surface area (Å²) in [5.74, 6) is 0. The van der Waals surface area contributed by atoms with Gasteiger partial charge in [-0.15, -0.1) is 0 Å². The van der Waals surface area contributed by atoms with Gasteiger partial charge >= 0.3 is 0 Å². The van der Waals surface area contributed by atoms with E-state index in [1.54, 1.807) is 24.3 Å². The first-order chi connectivity index (χ1) is 9.49. The Bertz CT molecular complexity index is 726. The van der Waals surface area contributed by atoms with Crippen molar-refractivity contribution in [3.63, 3.8) is 0 Å². The highest BCUT2D eigenvalue weighted by molar-refractivity contribution is 7.85. The summed E-state index contributed by atoms with van der Waals surface area (Å²) in [4.78, 5) is 10.4. The van der Waals surface area contributed by atoms with E-state index >= 15 is 0 Å². The minimum absolute atomic E-state index is 0.134. The summed E-state index contributed by atoms with van der Waals surface area (Å²) in [6, 6.07) is 12.9. The summed E-state index contributed by atoms with van der Waals surface area (Å²) in [6.45, 7) is 0. The SMILES string of the molecule is O=Cc1ccc(/C=C/c2ccc(S(=O)(=O)O)cc2)cc1. The summed E-state index contributed by atoms with van der Waals surface area (Å²) in [7, 11) is -4.15. The average Bonchev–Trinajstić information content (AvgIpc) is 2.45. The highest BCUT2D eigenvalue weighted by Crippen LogP contribution is 2.13. The number of carbonyl (C=O) groups excluding carboxylic acids is 1. The van der Waals surface area contributed by atoms with Gasteiger partial charge in [0.05, 0.1) is 4.90 Å². The summed E-state index contributed by atoms with van der Waals surface area (Å²) in [5, 5.41) is 0. The minimum atomic E-state index is -4.15. The molecule has 20 heavy (non-hydrogen) atoms. The normalized spacial score (nSPS) is 11.7. The Morgan fingerprint density at radius 2 is 1.15 bits per heavy atom. The van der Waals surface area contributed by atoms with Crippen LogP contribution in [0.15, 0.2) is 53.4 Å². The Hall–Kier alpha value is -2.24. The Kier molecular flexibility index (Phi) is 4.12. The molecule has 2 aromatic rings. The molecule has 0 saturated heterocycles. The molecule has 2 rings (SSSR count). The van der Waals surface area contributed by atoms with Crippen LogP contribution in [0.25, 0.3) is 12.2 Å². The van der Waals surface area contributed by atoms with Crippen LogP contribution in [0.4, 0.5) is 0 Å². The first-order valence-electron chi connectivity index (χ1n) is 5.80. The van der Waals surface area contributed by atoms with Gasteiger partial charge in [0.25, 0.3) is 10.1 Å². The van der Waals surface area contributed by atoms with Crippen LogP contribution in [0.2, 0.25) is 0 Å². The zero-order valence-electron chi connectivity index (χ0n) is 10.4. The van der Waals surface area contributed by atoms with Crippen molar-refractivity contribution in [1.82, 2.24) is 0 Å². The van der Waals surface area contributed by atoms with Crippen LogP contribution in [0.3, 0.4) is 0 Å². The summed E-state index contributed by atoms with van der Waals surface area (Å²) >= 11 is 0. The third kappa shape index (κ3) is 3.63. The monoisotopic (exact) mass is 288 g/mol. The number of rotatable bonds is 4. The highest BCUT2D eigenvalue weighted by atomic mass is 32.2. The maximum atomic E-state index is 10.9. The van der Waals surface area contributed by atoms with Crippen molar-refractivity contribution in [2.24, 2.45) is 0 Å². The van der Waals surface area contributed by atoms with E-state index in [1.807, 2.05) is 24.3 Å². The van der Waals surface area contributed by atoms with Crippen molar-refractivity contribution in [2.75, 3.05) is 0 Å². The average molecular weight is 288 g/mol. The van der Waals surface area contributed by atoms with Crippen LogP contribution in [-0.4, -0.2) is 19.3 Å². The first kappa shape index (κ1) is 14.2. The topological polar surface area (TPSA) is 71.4 Å². The lowest BCUT2D eigenvalue weighted by atomic mass is 10.1. The molecule has 0 saturated carbocycles. The zero-order chi connectivity index (χ0) is 14.6. The maximum Gasteiger partial charge on any atom is 0.294 e. The molecule has 0 amide bonds. The van der Waals surface area contributed by atoms with Gasteiger partial charge in [0.15, 0.2) is 0 Å². The number of aldehydes is 1. The lowest BCUT2D eigenvalue weighted by Gasteiger charge is -1.98. The molecule has 0 spiro atoms. The largest absolute Gasteiger partial charge is 0.298 e. The summed E-state index contributed by atoms with van der Waals surface area (Å²) < 4.78 is 30.6. The second-order valence-electron chi connectivity index (χ2n) is 4.16. The van der Waals surface area contributed by atoms with Crippen LogP contribution in [0.5, 0.6) is 0 Å². The van der Waals surface area contributed by atoms with Crippen LogP contribution in [0.1, 0.15) is 21.5 Å². The van der Waals surface area contributed by atoms with Gasteiger partial charge in [0.2, 0.25) is 0 Å². The van der Waals surface area contributed by atoms with E-state index in [4.69, 9.17) is 4.55 Å². The number of hydrogen-bond acceptors (Lipinski definition) is 3. The zero-order valence-corrected chi connectivity index (χ0v) is 11.2. The molecular formula is C15H12O4S. The van der Waals surface area contributed by atoms with E-state index in [-0.39, 0.29) is 4.90 Å². The third-order valence-corrected chi connectivity index (χ3v) is 3.59. The number of carbonyl (C=O) groups is 1. The molecule has 0 heterocycles. The van der Waals surface area contributed by atoms with Crippen molar-refractivity contribution < 1.29 is 17.8 Å². The van der Waals surface area contributed by atoms with Gasteiger partial charge in [-0.2, -0.15) is 8.42 Å². The van der Waals surface area contributed by atoms with Gasteiger partial charge in [-0.05, 0) is 23.3 Å². The van der Waals surface area contributed by atoms with Crippen LogP contribution in [0, 0.1) is 0 Å². The van der Waals surface area contributed by atoms with E-state index in [9.17, 15) is 13.2 Å². The molecule has 0 unspecified atom stereocenters. The molecule has 4 nitrogen and oxygen atoms in total. The molecule has 0 atom stereocenters. The molecule has 0 radical (unpaired) electrons. The molecule has 5 heteroatoms. The molecule has 0 aliphatic rings. The minimum Gasteiger partial charge on any atom is -0.298 e. The standard InChI is InChI=1S/C15H12O4S/c16-11-14-5-3-12(4-6-14)1-2-13-7-9-15(10-8-13)20(17,18)19/h1-11H,(H,17,18,19)/b2-1+. The highest BCUT2D eigenvalue weighted by Gasteiger charge is 2.07. The van der Waals surface area contributed by atoms with Crippen molar-refractivity contribution in [3.05, 3.63) is 65.2 Å². The smallest absolute Gasteiger partial charge is 0.294 e. The lowest BCUT2D eigenvalue weighted by molar-refractivity contribution is 0.112. The van der Waals surface area contributed by atoms with Crippen LogP contribution >= 0.6 is 0 Å². The summed E-state index contributed by atoms with van der Waals surface area (Å²) in [6.07, 6.45) is 4.43. The second kappa shape index (κ2) is 5.81. The van der Waals surface area contributed by atoms with Gasteiger partial charge < -0.3 is 0 Å². The maximum absolute atomic E-state index is 10.9. The van der Waals surface area contributed by atoms with Gasteiger partial charge in [-0.25, -0.2) is 0 Å². The Morgan fingerprint density at radius 3 is 1.55 bits per heavy atom. The van der Waals surface area contributed by atoms with Gasteiger partial charge in [0, 0.05) is 5.56 Å². The van der Waals surface area contributed by atoms with E-state index in [1.165, 1.54) is 12.1 Å². The fourth-order valence-electron chi connectivity index (χ4n) is 1.63. The number of benzene rings is 2. The van der Waals surface area contributed by atoms with Crippen molar-refractivity contribution in [1.29, 1.82) is 0 Å². The predicted molar refractivity (Wildman–Crippen MR) is 77.0 cm³/mol. The molecule has 102 valence electrons. The van der Waals surface area contributed by atoms with Crippen molar-refractivity contribution in [2.45, 2.75) is 4.90 Å². The Balaban J connectivity index is 2.16. The fourth-order valence-corrected chi connectivity index (χ4v) is 2.11. The van der Waals surface area contributed by atoms with E-state index < -0.39 is 10.1 Å². The molecular weight excluding hydrogens is 276 g/mol. The van der Waals surface area contributed by atoms with Gasteiger partial charge in [0.1, 0.15) is 6.29 Å². The number of hydrogen-bond donors (Lipinski definition) is 1. The molecule has 0 aliphatic heterocycles. The second-order valence-corrected chi connectivity index (χ2v) is 5.58. The van der Waals surface area contributed by atoms with Crippen molar-refractivity contribution >= 4 is 28.6 Å². The van der Waals surface area contributed by atoms with E-state index in [0.717, 1.165) is 17.4 Å². The summed E-state index contributed by atoms with van der Waals surface area (Å²) in [5.41, 5.74) is 2.34. The molecule has 2 aromatic carbocycles. The van der Waals surface area contributed by atoms with Crippen LogP contribution < -0.4 is 0 Å². The van der Waals surface area contributed by atoms with Crippen molar-refractivity contribution in [3.8, 4) is 0 Å². The van der Waals surface area contributed by atoms with Crippen LogP contribution in [-0.2, 0) is 10.1 Å². The Labute approximate surface area is 117 Å². The van der Waals surface area contributed by atoms with Gasteiger partial charge in [-0.3, -0.25) is 9.35 Å². The third-order valence-electron chi connectivity index (χ3n) is 2.72. The quantitative estimate of drug-likeness (QED) is 0.533. The fraction of sp³-hybridized carbons (Fsp3) is 0. The van der Waals surface area contributed by atoms with E-state index in [2.05, 4.69) is 0 Å².